The Bertz CT molecular complexity index is 1230. The van der Waals surface area contributed by atoms with E-state index in [0.29, 0.717) is 28.6 Å². The number of rotatable bonds is 7. The number of nitrogens with zero attached hydrogens (tertiary/aromatic N) is 3. The van der Waals surface area contributed by atoms with Crippen LogP contribution in [0.1, 0.15) is 35.8 Å². The van der Waals surface area contributed by atoms with Crippen LogP contribution >= 0.6 is 0 Å². The lowest BCUT2D eigenvalue weighted by Crippen LogP contribution is -2.12. The first-order chi connectivity index (χ1) is 15.5. The summed E-state index contributed by atoms with van der Waals surface area (Å²) in [5, 5.41) is 14.7. The van der Waals surface area contributed by atoms with Crippen molar-refractivity contribution in [2.75, 3.05) is 19.5 Å². The van der Waals surface area contributed by atoms with E-state index in [9.17, 15) is 4.79 Å². The van der Waals surface area contributed by atoms with Crippen LogP contribution in [0.15, 0.2) is 60.8 Å². The number of H-pyrrole nitrogens is 1. The number of amides is 1. The maximum Gasteiger partial charge on any atom is 0.260 e. The van der Waals surface area contributed by atoms with Gasteiger partial charge in [0.15, 0.2) is 17.3 Å². The van der Waals surface area contributed by atoms with Crippen LogP contribution in [0.25, 0.3) is 16.9 Å². The molecule has 164 valence electrons. The van der Waals surface area contributed by atoms with E-state index in [1.807, 2.05) is 42.5 Å². The van der Waals surface area contributed by atoms with Crippen LogP contribution in [0.2, 0.25) is 0 Å². The summed E-state index contributed by atoms with van der Waals surface area (Å²) in [6.07, 6.45) is 1.71. The quantitative estimate of drug-likeness (QED) is 0.444. The predicted molar refractivity (Wildman–Crippen MR) is 123 cm³/mol. The number of benzene rings is 2. The van der Waals surface area contributed by atoms with Crippen molar-refractivity contribution < 1.29 is 14.3 Å². The van der Waals surface area contributed by atoms with E-state index in [4.69, 9.17) is 14.6 Å². The van der Waals surface area contributed by atoms with Gasteiger partial charge in [0.25, 0.3) is 5.91 Å². The highest BCUT2D eigenvalue weighted by atomic mass is 16.5. The molecule has 2 heterocycles. The molecule has 0 spiro atoms. The zero-order chi connectivity index (χ0) is 22.7. The Balaban J connectivity index is 1.76. The second-order valence-corrected chi connectivity index (χ2v) is 7.56. The molecule has 2 N–H and O–H groups in total. The fourth-order valence-corrected chi connectivity index (χ4v) is 3.33. The first-order valence-corrected chi connectivity index (χ1v) is 10.2. The Hall–Kier alpha value is -4.07. The van der Waals surface area contributed by atoms with Gasteiger partial charge in [-0.2, -0.15) is 10.2 Å². The van der Waals surface area contributed by atoms with Crippen molar-refractivity contribution in [2.45, 2.75) is 19.8 Å². The lowest BCUT2D eigenvalue weighted by molar-refractivity contribution is 0.102. The van der Waals surface area contributed by atoms with E-state index in [1.165, 1.54) is 0 Å². The molecule has 32 heavy (non-hydrogen) atoms. The Morgan fingerprint density at radius 1 is 1.03 bits per heavy atom. The minimum absolute atomic E-state index is 0.274. The normalized spacial score (nSPS) is 10.9. The third-order valence-corrected chi connectivity index (χ3v) is 5.10. The molecule has 0 unspecified atom stereocenters. The summed E-state index contributed by atoms with van der Waals surface area (Å²) in [6.45, 7) is 4.11. The van der Waals surface area contributed by atoms with Gasteiger partial charge in [0, 0.05) is 23.5 Å². The number of carbonyl (C=O) groups is 1. The van der Waals surface area contributed by atoms with E-state index in [1.54, 1.807) is 37.2 Å². The largest absolute Gasteiger partial charge is 0.493 e. The van der Waals surface area contributed by atoms with Gasteiger partial charge in [0.05, 0.1) is 25.5 Å². The third kappa shape index (κ3) is 4.20. The highest BCUT2D eigenvalue weighted by molar-refractivity contribution is 6.07. The molecule has 1 amide bonds. The van der Waals surface area contributed by atoms with E-state index < -0.39 is 0 Å². The number of aromatic nitrogens is 4. The lowest BCUT2D eigenvalue weighted by Gasteiger charge is -2.09. The molecule has 4 rings (SSSR count). The van der Waals surface area contributed by atoms with Gasteiger partial charge in [-0.25, -0.2) is 4.68 Å². The molecule has 4 aromatic rings. The highest BCUT2D eigenvalue weighted by Crippen LogP contribution is 2.33. The summed E-state index contributed by atoms with van der Waals surface area (Å²) >= 11 is 0. The average Bonchev–Trinajstić information content (AvgIpc) is 3.47. The summed E-state index contributed by atoms with van der Waals surface area (Å²) in [5.74, 6) is 1.58. The molecule has 0 bridgehead atoms. The number of anilines is 1. The van der Waals surface area contributed by atoms with Crippen molar-refractivity contribution in [3.8, 4) is 28.4 Å². The maximum absolute atomic E-state index is 13.2. The highest BCUT2D eigenvalue weighted by Gasteiger charge is 2.21. The fourth-order valence-electron chi connectivity index (χ4n) is 3.33. The molecular weight excluding hydrogens is 406 g/mol. The van der Waals surface area contributed by atoms with E-state index >= 15 is 0 Å². The second kappa shape index (κ2) is 8.97. The van der Waals surface area contributed by atoms with E-state index in [2.05, 4.69) is 29.4 Å². The molecule has 2 aromatic heterocycles. The standard InChI is InChI=1S/C24H25N5O3/c1-15(2)19-13-22(27-26-19)25-24(30)18-14-29(17-8-6-5-7-9-17)28-23(18)16-10-11-20(31-3)21(12-16)32-4/h5-15H,1-4H3,(H2,25,26,27,30). The summed E-state index contributed by atoms with van der Waals surface area (Å²) in [6, 6.07) is 16.9. The van der Waals surface area contributed by atoms with Gasteiger partial charge in [-0.3, -0.25) is 9.89 Å². The van der Waals surface area contributed by atoms with Gasteiger partial charge in [-0.15, -0.1) is 0 Å². The SMILES string of the molecule is COc1ccc(-c2nn(-c3ccccc3)cc2C(=O)Nc2cc(C(C)C)[nH]n2)cc1OC. The molecular formula is C24H25N5O3. The first kappa shape index (κ1) is 21.2. The summed E-state index contributed by atoms with van der Waals surface area (Å²) in [4.78, 5) is 13.2. The monoisotopic (exact) mass is 431 g/mol. The van der Waals surface area contributed by atoms with Gasteiger partial charge in [0.1, 0.15) is 5.69 Å². The minimum atomic E-state index is -0.307. The Labute approximate surface area is 186 Å². The van der Waals surface area contributed by atoms with Crippen LogP contribution in [0.3, 0.4) is 0 Å². The van der Waals surface area contributed by atoms with Crippen LogP contribution in [0.5, 0.6) is 11.5 Å². The molecule has 8 nitrogen and oxygen atoms in total. The number of aromatic amines is 1. The number of ether oxygens (including phenoxy) is 2. The molecule has 0 saturated heterocycles. The Kier molecular flexibility index (Phi) is 5.93. The first-order valence-electron chi connectivity index (χ1n) is 10.2. The molecule has 0 aliphatic carbocycles. The van der Waals surface area contributed by atoms with E-state index in [-0.39, 0.29) is 11.8 Å². The smallest absolute Gasteiger partial charge is 0.260 e. The van der Waals surface area contributed by atoms with E-state index in [0.717, 1.165) is 16.9 Å². The van der Waals surface area contributed by atoms with Gasteiger partial charge >= 0.3 is 0 Å². The fraction of sp³-hybridized carbons (Fsp3) is 0.208. The van der Waals surface area contributed by atoms with Crippen molar-refractivity contribution in [1.82, 2.24) is 20.0 Å². The third-order valence-electron chi connectivity index (χ3n) is 5.10. The van der Waals surface area contributed by atoms with Gasteiger partial charge in [-0.05, 0) is 36.2 Å². The average molecular weight is 431 g/mol. The van der Waals surface area contributed by atoms with Gasteiger partial charge in [0.2, 0.25) is 0 Å². The topological polar surface area (TPSA) is 94.1 Å². The summed E-state index contributed by atoms with van der Waals surface area (Å²) in [7, 11) is 3.15. The number of nitrogens with one attached hydrogen (secondary N) is 2. The molecule has 2 aromatic carbocycles. The summed E-state index contributed by atoms with van der Waals surface area (Å²) < 4.78 is 12.5. The van der Waals surface area contributed by atoms with Gasteiger partial charge in [-0.1, -0.05) is 32.0 Å². The summed E-state index contributed by atoms with van der Waals surface area (Å²) in [5.41, 5.74) is 3.45. The van der Waals surface area contributed by atoms with Crippen molar-refractivity contribution in [3.63, 3.8) is 0 Å². The van der Waals surface area contributed by atoms with Crippen LogP contribution in [-0.2, 0) is 0 Å². The number of para-hydroxylation sites is 1. The van der Waals surface area contributed by atoms with Gasteiger partial charge < -0.3 is 14.8 Å². The number of carbonyl (C=O) groups excluding carboxylic acids is 1. The molecule has 0 radical (unpaired) electrons. The molecule has 0 atom stereocenters. The zero-order valence-corrected chi connectivity index (χ0v) is 18.4. The van der Waals surface area contributed by atoms with Crippen molar-refractivity contribution in [1.29, 1.82) is 0 Å². The van der Waals surface area contributed by atoms with Crippen LogP contribution < -0.4 is 14.8 Å². The number of hydrogen-bond donors (Lipinski definition) is 2. The van der Waals surface area contributed by atoms with Crippen LogP contribution in [0.4, 0.5) is 5.82 Å². The molecule has 0 aliphatic heterocycles. The maximum atomic E-state index is 13.2. The number of hydrogen-bond acceptors (Lipinski definition) is 5. The van der Waals surface area contributed by atoms with Crippen molar-refractivity contribution >= 4 is 11.7 Å². The molecule has 8 heteroatoms. The molecule has 0 fully saturated rings. The lowest BCUT2D eigenvalue weighted by atomic mass is 10.1. The van der Waals surface area contributed by atoms with Crippen LogP contribution in [0, 0.1) is 0 Å². The minimum Gasteiger partial charge on any atom is -0.493 e. The van der Waals surface area contributed by atoms with Crippen LogP contribution in [-0.4, -0.2) is 40.1 Å². The Morgan fingerprint density at radius 3 is 2.44 bits per heavy atom. The second-order valence-electron chi connectivity index (χ2n) is 7.56. The molecule has 0 saturated carbocycles. The number of methoxy groups -OCH3 is 2. The van der Waals surface area contributed by atoms with Crippen molar-refractivity contribution in [2.24, 2.45) is 0 Å². The Morgan fingerprint density at radius 2 is 1.78 bits per heavy atom. The molecule has 0 aliphatic rings. The van der Waals surface area contributed by atoms with Crippen molar-refractivity contribution in [3.05, 3.63) is 72.1 Å². The predicted octanol–water partition coefficient (Wildman–Crippen LogP) is 4.66. The zero-order valence-electron chi connectivity index (χ0n) is 18.4.